The number of halogens is 3. The number of oxazole rings is 1. The second kappa shape index (κ2) is 6.87. The van der Waals surface area contributed by atoms with E-state index in [1.165, 1.54) is 35.3 Å². The lowest BCUT2D eigenvalue weighted by atomic mass is 10.2. The van der Waals surface area contributed by atoms with E-state index >= 15 is 0 Å². The highest BCUT2D eigenvalue weighted by atomic mass is 79.9. The normalized spacial score (nSPS) is 11.4. The highest BCUT2D eigenvalue weighted by Crippen LogP contribution is 2.30. The van der Waals surface area contributed by atoms with Crippen LogP contribution in [0.3, 0.4) is 0 Å². The minimum atomic E-state index is -2.96. The topological polar surface area (TPSA) is 117 Å². The maximum Gasteiger partial charge on any atom is 0.387 e. The molecule has 12 heteroatoms. The van der Waals surface area contributed by atoms with Crippen LogP contribution < -0.4 is 10.5 Å². The standard InChI is InChI=1S/C15H10BrF2N7O2/c16-10-11(13-21-4-5-26-13)23-15(19)25-12(10)22-9(24-25)6-7-8(27-14(17)18)2-1-3-20-7/h1-5,14H,6H2,(H2,19,23). The van der Waals surface area contributed by atoms with Gasteiger partial charge in [0.1, 0.15) is 17.7 Å². The van der Waals surface area contributed by atoms with E-state index in [1.807, 2.05) is 0 Å². The van der Waals surface area contributed by atoms with Crippen molar-refractivity contribution in [1.82, 2.24) is 29.5 Å². The Labute approximate surface area is 158 Å². The van der Waals surface area contributed by atoms with Crippen molar-refractivity contribution in [2.75, 3.05) is 5.73 Å². The maximum absolute atomic E-state index is 12.6. The Kier molecular flexibility index (Phi) is 4.39. The number of alkyl halides is 2. The van der Waals surface area contributed by atoms with Gasteiger partial charge in [-0.3, -0.25) is 4.98 Å². The molecule has 27 heavy (non-hydrogen) atoms. The van der Waals surface area contributed by atoms with Crippen LogP contribution in [0.25, 0.3) is 17.2 Å². The van der Waals surface area contributed by atoms with Crippen LogP contribution in [0.5, 0.6) is 5.75 Å². The van der Waals surface area contributed by atoms with Crippen molar-refractivity contribution in [3.8, 4) is 17.3 Å². The minimum absolute atomic E-state index is 0.0445. The van der Waals surface area contributed by atoms with Crippen LogP contribution in [0, 0.1) is 0 Å². The third-order valence-electron chi connectivity index (χ3n) is 3.52. The summed E-state index contributed by atoms with van der Waals surface area (Å²) >= 11 is 3.40. The van der Waals surface area contributed by atoms with Gasteiger partial charge in [-0.15, -0.1) is 5.10 Å². The van der Waals surface area contributed by atoms with Gasteiger partial charge in [0, 0.05) is 6.20 Å². The second-order valence-corrected chi connectivity index (χ2v) is 6.03. The molecule has 4 aromatic rings. The van der Waals surface area contributed by atoms with Crippen molar-refractivity contribution in [2.45, 2.75) is 13.0 Å². The van der Waals surface area contributed by atoms with Crippen molar-refractivity contribution in [2.24, 2.45) is 0 Å². The van der Waals surface area contributed by atoms with Crippen LogP contribution in [0.4, 0.5) is 14.7 Å². The molecule has 0 fully saturated rings. The molecule has 0 radical (unpaired) electrons. The largest absolute Gasteiger partial charge is 0.443 e. The molecule has 0 amide bonds. The van der Waals surface area contributed by atoms with Crippen molar-refractivity contribution in [1.29, 1.82) is 0 Å². The number of nitrogens with two attached hydrogens (primary N) is 1. The van der Waals surface area contributed by atoms with Gasteiger partial charge in [0.25, 0.3) is 0 Å². The van der Waals surface area contributed by atoms with Gasteiger partial charge >= 0.3 is 6.61 Å². The summed E-state index contributed by atoms with van der Waals surface area (Å²) < 4.78 is 36.6. The number of nitrogen functional groups attached to an aromatic ring is 1. The smallest absolute Gasteiger partial charge is 0.387 e. The summed E-state index contributed by atoms with van der Waals surface area (Å²) in [6.07, 6.45) is 4.41. The van der Waals surface area contributed by atoms with Crippen molar-refractivity contribution >= 4 is 27.5 Å². The fraction of sp³-hybridized carbons (Fsp3) is 0.133. The Hall–Kier alpha value is -3.15. The average molecular weight is 438 g/mol. The molecular weight excluding hydrogens is 428 g/mol. The number of ether oxygens (including phenoxy) is 1. The number of aromatic nitrogens is 6. The van der Waals surface area contributed by atoms with E-state index in [9.17, 15) is 8.78 Å². The molecule has 9 nitrogen and oxygen atoms in total. The summed E-state index contributed by atoms with van der Waals surface area (Å²) in [6, 6.07) is 2.90. The molecule has 0 aliphatic carbocycles. The fourth-order valence-electron chi connectivity index (χ4n) is 2.44. The summed E-state index contributed by atoms with van der Waals surface area (Å²) in [6.45, 7) is -2.96. The van der Waals surface area contributed by atoms with Gasteiger partial charge in [0.15, 0.2) is 11.5 Å². The summed E-state index contributed by atoms with van der Waals surface area (Å²) in [7, 11) is 0. The molecular formula is C15H10BrF2N7O2. The number of fused-ring (bicyclic) bond motifs is 1. The van der Waals surface area contributed by atoms with Crippen LogP contribution >= 0.6 is 15.9 Å². The molecule has 138 valence electrons. The van der Waals surface area contributed by atoms with Crippen molar-refractivity contribution in [3.05, 3.63) is 46.8 Å². The molecule has 4 aromatic heterocycles. The Morgan fingerprint density at radius 2 is 2.11 bits per heavy atom. The second-order valence-electron chi connectivity index (χ2n) is 5.24. The van der Waals surface area contributed by atoms with E-state index in [4.69, 9.17) is 10.2 Å². The van der Waals surface area contributed by atoms with Gasteiger partial charge in [-0.25, -0.2) is 15.0 Å². The predicted molar refractivity (Wildman–Crippen MR) is 92.1 cm³/mol. The highest BCUT2D eigenvalue weighted by Gasteiger charge is 2.20. The Bertz CT molecular complexity index is 1100. The Balaban J connectivity index is 1.75. The van der Waals surface area contributed by atoms with Crippen LogP contribution in [-0.2, 0) is 6.42 Å². The van der Waals surface area contributed by atoms with Gasteiger partial charge in [0.2, 0.25) is 11.8 Å². The third-order valence-corrected chi connectivity index (χ3v) is 4.25. The first-order valence-corrected chi connectivity index (χ1v) is 8.31. The van der Waals surface area contributed by atoms with Gasteiger partial charge in [-0.1, -0.05) is 0 Å². The number of nitrogens with zero attached hydrogens (tertiary/aromatic N) is 6. The molecule has 0 spiro atoms. The molecule has 4 heterocycles. The van der Waals surface area contributed by atoms with Gasteiger partial charge in [0.05, 0.1) is 22.8 Å². The molecule has 0 saturated carbocycles. The lowest BCUT2D eigenvalue weighted by molar-refractivity contribution is -0.0506. The lowest BCUT2D eigenvalue weighted by Gasteiger charge is -2.07. The fourth-order valence-corrected chi connectivity index (χ4v) is 2.95. The third kappa shape index (κ3) is 3.30. The molecule has 0 saturated heterocycles. The SMILES string of the molecule is Nc1nc(-c2ncco2)c(Br)c2nc(Cc3ncccc3OC(F)F)nn12. The van der Waals surface area contributed by atoms with E-state index in [0.717, 1.165) is 0 Å². The first-order valence-electron chi connectivity index (χ1n) is 7.52. The van der Waals surface area contributed by atoms with Gasteiger partial charge < -0.3 is 14.9 Å². The summed E-state index contributed by atoms with van der Waals surface area (Å²) in [5, 5.41) is 4.27. The lowest BCUT2D eigenvalue weighted by Crippen LogP contribution is -2.07. The summed E-state index contributed by atoms with van der Waals surface area (Å²) in [4.78, 5) is 16.7. The Morgan fingerprint density at radius 1 is 1.26 bits per heavy atom. The number of hydrogen-bond acceptors (Lipinski definition) is 8. The van der Waals surface area contributed by atoms with Crippen LogP contribution in [0.15, 0.2) is 39.7 Å². The van der Waals surface area contributed by atoms with Gasteiger partial charge in [-0.2, -0.15) is 13.3 Å². The van der Waals surface area contributed by atoms with Crippen LogP contribution in [0.1, 0.15) is 11.5 Å². The molecule has 0 aliphatic rings. The van der Waals surface area contributed by atoms with Gasteiger partial charge in [-0.05, 0) is 28.1 Å². The first-order chi connectivity index (χ1) is 13.0. The quantitative estimate of drug-likeness (QED) is 0.506. The molecule has 0 bridgehead atoms. The molecule has 0 atom stereocenters. The van der Waals surface area contributed by atoms with Crippen LogP contribution in [0.2, 0.25) is 0 Å². The minimum Gasteiger partial charge on any atom is -0.443 e. The summed E-state index contributed by atoms with van der Waals surface area (Å²) in [5.41, 5.74) is 6.96. The van der Waals surface area contributed by atoms with E-state index in [-0.39, 0.29) is 29.7 Å². The van der Waals surface area contributed by atoms with E-state index in [0.29, 0.717) is 21.6 Å². The molecule has 4 rings (SSSR count). The molecule has 0 aliphatic heterocycles. The number of pyridine rings is 1. The number of rotatable bonds is 5. The number of anilines is 1. The summed E-state index contributed by atoms with van der Waals surface area (Å²) in [5.74, 6) is 0.576. The average Bonchev–Trinajstić information content (AvgIpc) is 3.29. The maximum atomic E-state index is 12.6. The van der Waals surface area contributed by atoms with E-state index in [2.05, 4.69) is 45.7 Å². The highest BCUT2D eigenvalue weighted by molar-refractivity contribution is 9.10. The molecule has 2 N–H and O–H groups in total. The molecule has 0 unspecified atom stereocenters. The van der Waals surface area contributed by atoms with E-state index < -0.39 is 6.61 Å². The van der Waals surface area contributed by atoms with Crippen molar-refractivity contribution in [3.63, 3.8) is 0 Å². The predicted octanol–water partition coefficient (Wildman–Crippen LogP) is 2.71. The molecule has 0 aromatic carbocycles. The monoisotopic (exact) mass is 437 g/mol. The first kappa shape index (κ1) is 17.3. The number of hydrogen-bond donors (Lipinski definition) is 1. The Morgan fingerprint density at radius 3 is 2.85 bits per heavy atom. The zero-order chi connectivity index (χ0) is 19.0. The zero-order valence-electron chi connectivity index (χ0n) is 13.4. The van der Waals surface area contributed by atoms with Crippen molar-refractivity contribution < 1.29 is 17.9 Å². The zero-order valence-corrected chi connectivity index (χ0v) is 15.0. The van der Waals surface area contributed by atoms with E-state index in [1.54, 1.807) is 0 Å². The van der Waals surface area contributed by atoms with Crippen LogP contribution in [-0.4, -0.2) is 36.2 Å².